The molecule has 112 valence electrons. The number of hydrogen-bond donors (Lipinski definition) is 2. The van der Waals surface area contributed by atoms with Crippen LogP contribution in [0.5, 0.6) is 0 Å². The minimum Gasteiger partial charge on any atom is -0.317 e. The van der Waals surface area contributed by atoms with Gasteiger partial charge in [-0.15, -0.1) is 0 Å². The Balaban J connectivity index is 1.76. The molecule has 0 atom stereocenters. The van der Waals surface area contributed by atoms with Crippen LogP contribution in [-0.4, -0.2) is 33.3 Å². The zero-order chi connectivity index (χ0) is 14.4. The van der Waals surface area contributed by atoms with Crippen molar-refractivity contribution in [3.63, 3.8) is 0 Å². The molecule has 0 aliphatic heterocycles. The molecular formula is C15H24N2O2S. The Hall–Kier alpha value is -0.910. The molecule has 0 saturated carbocycles. The van der Waals surface area contributed by atoms with E-state index in [-0.39, 0.29) is 11.8 Å². The van der Waals surface area contributed by atoms with E-state index in [1.54, 1.807) is 0 Å². The van der Waals surface area contributed by atoms with Crippen LogP contribution in [-0.2, 0) is 22.9 Å². The number of rotatable bonds is 8. The van der Waals surface area contributed by atoms with E-state index in [0.29, 0.717) is 6.42 Å². The van der Waals surface area contributed by atoms with Gasteiger partial charge in [0.1, 0.15) is 0 Å². The van der Waals surface area contributed by atoms with Crippen LogP contribution >= 0.6 is 0 Å². The van der Waals surface area contributed by atoms with Gasteiger partial charge in [-0.25, -0.2) is 13.1 Å². The summed E-state index contributed by atoms with van der Waals surface area (Å²) in [6.07, 6.45) is 3.24. The molecule has 2 N–H and O–H groups in total. The summed E-state index contributed by atoms with van der Waals surface area (Å²) in [6.45, 7) is 3.88. The highest BCUT2D eigenvalue weighted by Gasteiger charge is 2.24. The fraction of sp³-hybridized carbons (Fsp3) is 0.600. The standard InChI is InChI=1S/C15H24N2O2S/c1-2-16-9-5-6-10-20(18,19)17-15-11-13-7-3-4-8-14(13)12-15/h3-4,7-8,15-17H,2,5-6,9-12H2,1H3. The molecule has 0 heterocycles. The maximum absolute atomic E-state index is 12.0. The first-order valence-electron chi connectivity index (χ1n) is 7.38. The van der Waals surface area contributed by atoms with Gasteiger partial charge in [0.05, 0.1) is 5.75 Å². The normalized spacial score (nSPS) is 15.4. The molecule has 0 spiro atoms. The summed E-state index contributed by atoms with van der Waals surface area (Å²) in [7, 11) is -3.15. The molecule has 0 fully saturated rings. The summed E-state index contributed by atoms with van der Waals surface area (Å²) in [5.41, 5.74) is 2.54. The fourth-order valence-electron chi connectivity index (χ4n) is 2.67. The monoisotopic (exact) mass is 296 g/mol. The molecule has 20 heavy (non-hydrogen) atoms. The lowest BCUT2D eigenvalue weighted by molar-refractivity contribution is 0.550. The SMILES string of the molecule is CCNCCCCS(=O)(=O)NC1Cc2ccccc2C1. The summed E-state index contributed by atoms with van der Waals surface area (Å²) in [5.74, 6) is 0.227. The summed E-state index contributed by atoms with van der Waals surface area (Å²) < 4.78 is 26.9. The van der Waals surface area contributed by atoms with Gasteiger partial charge < -0.3 is 5.32 Å². The van der Waals surface area contributed by atoms with E-state index >= 15 is 0 Å². The highest BCUT2D eigenvalue weighted by Crippen LogP contribution is 2.22. The molecule has 0 bridgehead atoms. The summed E-state index contributed by atoms with van der Waals surface area (Å²) >= 11 is 0. The topological polar surface area (TPSA) is 58.2 Å². The van der Waals surface area contributed by atoms with E-state index in [1.165, 1.54) is 11.1 Å². The van der Waals surface area contributed by atoms with Crippen molar-refractivity contribution < 1.29 is 8.42 Å². The Bertz CT molecular complexity index is 503. The van der Waals surface area contributed by atoms with E-state index in [9.17, 15) is 8.42 Å². The van der Waals surface area contributed by atoms with E-state index in [2.05, 4.69) is 29.1 Å². The van der Waals surface area contributed by atoms with Gasteiger partial charge in [0.2, 0.25) is 10.0 Å². The number of fused-ring (bicyclic) bond motifs is 1. The molecule has 2 rings (SSSR count). The highest BCUT2D eigenvalue weighted by molar-refractivity contribution is 7.89. The third-order valence-electron chi connectivity index (χ3n) is 3.66. The van der Waals surface area contributed by atoms with Crippen molar-refractivity contribution >= 4 is 10.0 Å². The predicted octanol–water partition coefficient (Wildman–Crippen LogP) is 1.46. The second-order valence-electron chi connectivity index (χ2n) is 5.37. The zero-order valence-electron chi connectivity index (χ0n) is 12.1. The number of sulfonamides is 1. The maximum atomic E-state index is 12.0. The molecular weight excluding hydrogens is 272 g/mol. The van der Waals surface area contributed by atoms with Gasteiger partial charge in [-0.3, -0.25) is 0 Å². The van der Waals surface area contributed by atoms with Crippen molar-refractivity contribution in [2.24, 2.45) is 0 Å². The van der Waals surface area contributed by atoms with Crippen LogP contribution in [0.15, 0.2) is 24.3 Å². The van der Waals surface area contributed by atoms with Crippen LogP contribution in [0.3, 0.4) is 0 Å². The van der Waals surface area contributed by atoms with Gasteiger partial charge >= 0.3 is 0 Å². The molecule has 0 unspecified atom stereocenters. The molecule has 0 aromatic heterocycles. The molecule has 1 aromatic rings. The van der Waals surface area contributed by atoms with Crippen molar-refractivity contribution in [3.05, 3.63) is 35.4 Å². The van der Waals surface area contributed by atoms with E-state index in [4.69, 9.17) is 0 Å². The third kappa shape index (κ3) is 4.58. The van der Waals surface area contributed by atoms with E-state index in [0.717, 1.165) is 32.4 Å². The molecule has 5 heteroatoms. The van der Waals surface area contributed by atoms with Gasteiger partial charge in [-0.05, 0) is 49.9 Å². The minimum atomic E-state index is -3.15. The van der Waals surface area contributed by atoms with E-state index in [1.807, 2.05) is 12.1 Å². The second-order valence-corrected chi connectivity index (χ2v) is 7.24. The first kappa shape index (κ1) is 15.5. The molecule has 0 radical (unpaired) electrons. The van der Waals surface area contributed by atoms with Crippen molar-refractivity contribution in [1.82, 2.24) is 10.0 Å². The van der Waals surface area contributed by atoms with Gasteiger partial charge in [-0.2, -0.15) is 0 Å². The van der Waals surface area contributed by atoms with Crippen LogP contribution in [0.4, 0.5) is 0 Å². The minimum absolute atomic E-state index is 0.0335. The lowest BCUT2D eigenvalue weighted by Crippen LogP contribution is -2.37. The zero-order valence-corrected chi connectivity index (χ0v) is 12.9. The first-order chi connectivity index (χ1) is 9.61. The average molecular weight is 296 g/mol. The van der Waals surface area contributed by atoms with Gasteiger partial charge in [-0.1, -0.05) is 31.2 Å². The second kappa shape index (κ2) is 7.20. The number of unbranched alkanes of at least 4 members (excludes halogenated alkanes) is 1. The third-order valence-corrected chi connectivity index (χ3v) is 5.18. The van der Waals surface area contributed by atoms with Crippen LogP contribution in [0, 0.1) is 0 Å². The molecule has 0 amide bonds. The molecule has 1 aliphatic rings. The Labute approximate surface area is 122 Å². The Kier molecular flexibility index (Phi) is 5.57. The van der Waals surface area contributed by atoms with Gasteiger partial charge in [0.25, 0.3) is 0 Å². The van der Waals surface area contributed by atoms with Gasteiger partial charge in [0, 0.05) is 6.04 Å². The summed E-state index contributed by atoms with van der Waals surface area (Å²) in [5, 5.41) is 3.20. The van der Waals surface area contributed by atoms with Crippen LogP contribution in [0.1, 0.15) is 30.9 Å². The lowest BCUT2D eigenvalue weighted by Gasteiger charge is -2.12. The largest absolute Gasteiger partial charge is 0.317 e. The van der Waals surface area contributed by atoms with Crippen LogP contribution in [0.25, 0.3) is 0 Å². The smallest absolute Gasteiger partial charge is 0.211 e. The highest BCUT2D eigenvalue weighted by atomic mass is 32.2. The van der Waals surface area contributed by atoms with Crippen molar-refractivity contribution in [2.75, 3.05) is 18.8 Å². The number of nitrogens with one attached hydrogen (secondary N) is 2. The number of hydrogen-bond acceptors (Lipinski definition) is 3. The molecule has 1 aliphatic carbocycles. The summed E-state index contributed by atoms with van der Waals surface area (Å²) in [6, 6.07) is 8.22. The van der Waals surface area contributed by atoms with E-state index < -0.39 is 10.0 Å². The Morgan fingerprint density at radius 2 is 1.80 bits per heavy atom. The van der Waals surface area contributed by atoms with Crippen molar-refractivity contribution in [2.45, 2.75) is 38.6 Å². The Morgan fingerprint density at radius 1 is 1.15 bits per heavy atom. The fourth-order valence-corrected chi connectivity index (χ4v) is 4.05. The Morgan fingerprint density at radius 3 is 2.40 bits per heavy atom. The molecule has 0 saturated heterocycles. The van der Waals surface area contributed by atoms with Crippen LogP contribution < -0.4 is 10.0 Å². The predicted molar refractivity (Wildman–Crippen MR) is 82.3 cm³/mol. The van der Waals surface area contributed by atoms with Crippen molar-refractivity contribution in [1.29, 1.82) is 0 Å². The molecule has 4 nitrogen and oxygen atoms in total. The lowest BCUT2D eigenvalue weighted by atomic mass is 10.1. The van der Waals surface area contributed by atoms with Crippen LogP contribution in [0.2, 0.25) is 0 Å². The first-order valence-corrected chi connectivity index (χ1v) is 9.03. The van der Waals surface area contributed by atoms with Gasteiger partial charge in [0.15, 0.2) is 0 Å². The summed E-state index contributed by atoms with van der Waals surface area (Å²) in [4.78, 5) is 0. The average Bonchev–Trinajstić information content (AvgIpc) is 2.79. The maximum Gasteiger partial charge on any atom is 0.211 e. The molecule has 1 aromatic carbocycles. The van der Waals surface area contributed by atoms with Crippen molar-refractivity contribution in [3.8, 4) is 0 Å². The number of benzene rings is 1. The quantitative estimate of drug-likeness (QED) is 0.714.